The maximum absolute atomic E-state index is 12.4. The van der Waals surface area contributed by atoms with Crippen LogP contribution in [0, 0.1) is 0 Å². The minimum absolute atomic E-state index is 0.262. The van der Waals surface area contributed by atoms with Gasteiger partial charge in [-0.05, 0) is 0 Å². The predicted octanol–water partition coefficient (Wildman–Crippen LogP) is 3.39. The molecular formula is C7H6F8. The predicted molar refractivity (Wildman–Crippen MR) is 35.9 cm³/mol. The van der Waals surface area contributed by atoms with E-state index in [9.17, 15) is 35.1 Å². The van der Waals surface area contributed by atoms with E-state index in [4.69, 9.17) is 0 Å². The van der Waals surface area contributed by atoms with Crippen LogP contribution in [0.1, 0.15) is 0 Å². The number of allylic oxidation sites excluding steroid dienone is 1. The van der Waals surface area contributed by atoms with Gasteiger partial charge in [-0.3, -0.25) is 0 Å². The van der Waals surface area contributed by atoms with Gasteiger partial charge < -0.3 is 0 Å². The molecule has 0 aliphatic rings. The first-order valence-corrected chi connectivity index (χ1v) is 3.50. The lowest BCUT2D eigenvalue weighted by Gasteiger charge is -2.32. The normalized spacial score (nSPS) is 16.3. The van der Waals surface area contributed by atoms with Crippen molar-refractivity contribution in [3.63, 3.8) is 0 Å². The third-order valence-corrected chi connectivity index (χ3v) is 1.60. The zero-order chi connectivity index (χ0) is 12.5. The Morgan fingerprint density at radius 2 is 1.47 bits per heavy atom. The Labute approximate surface area is 79.6 Å². The van der Waals surface area contributed by atoms with Crippen molar-refractivity contribution in [2.24, 2.45) is 0 Å². The van der Waals surface area contributed by atoms with E-state index in [1.54, 1.807) is 0 Å². The molecule has 0 rings (SSSR count). The van der Waals surface area contributed by atoms with Gasteiger partial charge in [0, 0.05) is 0 Å². The molecule has 0 aromatic carbocycles. The van der Waals surface area contributed by atoms with E-state index in [0.717, 1.165) is 0 Å². The first-order chi connectivity index (χ1) is 6.54. The summed E-state index contributed by atoms with van der Waals surface area (Å²) in [6.45, 7) is -0.593. The molecule has 0 saturated carbocycles. The molecule has 0 aliphatic carbocycles. The second-order valence-electron chi connectivity index (χ2n) is 2.67. The standard InChI is InChI=1S/C7H6F8/c1-2-4(9)6(12,13)7(14,15)5(10,11)3-8/h2,4H,1,3H2. The van der Waals surface area contributed by atoms with E-state index in [1.165, 1.54) is 0 Å². The summed E-state index contributed by atoms with van der Waals surface area (Å²) in [6, 6.07) is 0. The van der Waals surface area contributed by atoms with Gasteiger partial charge in [-0.1, -0.05) is 12.7 Å². The molecule has 15 heavy (non-hydrogen) atoms. The van der Waals surface area contributed by atoms with Gasteiger partial charge in [0.05, 0.1) is 0 Å². The third kappa shape index (κ3) is 2.07. The van der Waals surface area contributed by atoms with Crippen LogP contribution in [0.3, 0.4) is 0 Å². The van der Waals surface area contributed by atoms with Gasteiger partial charge in [-0.25, -0.2) is 8.78 Å². The maximum atomic E-state index is 12.4. The molecule has 0 bridgehead atoms. The lowest BCUT2D eigenvalue weighted by atomic mass is 10.0. The molecule has 0 aromatic heterocycles. The maximum Gasteiger partial charge on any atom is 0.377 e. The molecular weight excluding hydrogens is 236 g/mol. The van der Waals surface area contributed by atoms with Crippen LogP contribution in [0.2, 0.25) is 0 Å². The Morgan fingerprint density at radius 1 is 1.07 bits per heavy atom. The second kappa shape index (κ2) is 3.97. The van der Waals surface area contributed by atoms with E-state index >= 15 is 0 Å². The van der Waals surface area contributed by atoms with Crippen LogP contribution >= 0.6 is 0 Å². The largest absolute Gasteiger partial charge is 0.377 e. The highest BCUT2D eigenvalue weighted by atomic mass is 19.4. The fourth-order valence-corrected chi connectivity index (χ4v) is 0.649. The van der Waals surface area contributed by atoms with Gasteiger partial charge in [-0.15, -0.1) is 0 Å². The Kier molecular flexibility index (Phi) is 3.76. The summed E-state index contributed by atoms with van der Waals surface area (Å²) in [7, 11) is 0. The molecule has 0 saturated heterocycles. The van der Waals surface area contributed by atoms with Crippen molar-refractivity contribution in [3.8, 4) is 0 Å². The van der Waals surface area contributed by atoms with Gasteiger partial charge in [0.15, 0.2) is 12.8 Å². The molecule has 90 valence electrons. The Balaban J connectivity index is 5.26. The number of halogens is 8. The van der Waals surface area contributed by atoms with E-state index in [0.29, 0.717) is 0 Å². The van der Waals surface area contributed by atoms with E-state index in [-0.39, 0.29) is 6.08 Å². The van der Waals surface area contributed by atoms with Gasteiger partial charge in [0.1, 0.15) is 0 Å². The lowest BCUT2D eigenvalue weighted by molar-refractivity contribution is -0.322. The highest BCUT2D eigenvalue weighted by Crippen LogP contribution is 2.48. The lowest BCUT2D eigenvalue weighted by Crippen LogP contribution is -2.58. The average Bonchev–Trinajstić information content (AvgIpc) is 2.15. The van der Waals surface area contributed by atoms with Crippen molar-refractivity contribution in [1.29, 1.82) is 0 Å². The van der Waals surface area contributed by atoms with Crippen LogP contribution in [0.25, 0.3) is 0 Å². The van der Waals surface area contributed by atoms with Gasteiger partial charge in [-0.2, -0.15) is 26.3 Å². The van der Waals surface area contributed by atoms with Gasteiger partial charge in [0.25, 0.3) is 0 Å². The fourth-order valence-electron chi connectivity index (χ4n) is 0.649. The summed E-state index contributed by atoms with van der Waals surface area (Å²) < 4.78 is 97.6. The summed E-state index contributed by atoms with van der Waals surface area (Å²) in [5.74, 6) is -17.5. The van der Waals surface area contributed by atoms with Crippen LogP contribution < -0.4 is 0 Å². The fraction of sp³-hybridized carbons (Fsp3) is 0.714. The van der Waals surface area contributed by atoms with Gasteiger partial charge in [0.2, 0.25) is 0 Å². The summed E-state index contributed by atoms with van der Waals surface area (Å²) in [5, 5.41) is 0. The van der Waals surface area contributed by atoms with Crippen molar-refractivity contribution >= 4 is 0 Å². The zero-order valence-corrected chi connectivity index (χ0v) is 7.09. The minimum atomic E-state index is -6.12. The number of hydrogen-bond donors (Lipinski definition) is 0. The number of alkyl halides is 8. The third-order valence-electron chi connectivity index (χ3n) is 1.60. The van der Waals surface area contributed by atoms with E-state index in [2.05, 4.69) is 6.58 Å². The first kappa shape index (κ1) is 14.2. The highest BCUT2D eigenvalue weighted by molar-refractivity contribution is 5.04. The zero-order valence-electron chi connectivity index (χ0n) is 7.09. The van der Waals surface area contributed by atoms with Crippen molar-refractivity contribution < 1.29 is 35.1 Å². The summed E-state index contributed by atoms with van der Waals surface area (Å²) in [5.41, 5.74) is 0. The summed E-state index contributed by atoms with van der Waals surface area (Å²) in [6.07, 6.45) is -3.95. The minimum Gasteiger partial charge on any atom is -0.244 e. The molecule has 0 fully saturated rings. The van der Waals surface area contributed by atoms with Gasteiger partial charge >= 0.3 is 17.8 Å². The number of hydrogen-bond acceptors (Lipinski definition) is 0. The molecule has 0 aliphatic heterocycles. The van der Waals surface area contributed by atoms with Crippen molar-refractivity contribution in [2.75, 3.05) is 6.67 Å². The van der Waals surface area contributed by atoms with Crippen molar-refractivity contribution in [3.05, 3.63) is 12.7 Å². The van der Waals surface area contributed by atoms with E-state index < -0.39 is 30.6 Å². The Morgan fingerprint density at radius 3 is 1.73 bits per heavy atom. The molecule has 8 heteroatoms. The molecule has 1 unspecified atom stereocenters. The molecule has 0 N–H and O–H groups in total. The molecule has 0 spiro atoms. The topological polar surface area (TPSA) is 0 Å². The molecule has 0 amide bonds. The van der Waals surface area contributed by atoms with Crippen LogP contribution in [0.4, 0.5) is 35.1 Å². The van der Waals surface area contributed by atoms with E-state index in [1.807, 2.05) is 0 Å². The number of rotatable bonds is 5. The van der Waals surface area contributed by atoms with Crippen LogP contribution in [-0.2, 0) is 0 Å². The molecule has 0 aromatic rings. The Bertz CT molecular complexity index is 233. The smallest absolute Gasteiger partial charge is 0.244 e. The van der Waals surface area contributed by atoms with Crippen molar-refractivity contribution in [1.82, 2.24) is 0 Å². The first-order valence-electron chi connectivity index (χ1n) is 3.50. The quantitative estimate of drug-likeness (QED) is 0.512. The second-order valence-corrected chi connectivity index (χ2v) is 2.67. The monoisotopic (exact) mass is 242 g/mol. The van der Waals surface area contributed by atoms with Crippen molar-refractivity contribution in [2.45, 2.75) is 23.9 Å². The van der Waals surface area contributed by atoms with Crippen LogP contribution in [0.15, 0.2) is 12.7 Å². The summed E-state index contributed by atoms with van der Waals surface area (Å²) >= 11 is 0. The molecule has 0 heterocycles. The molecule has 0 nitrogen and oxygen atoms in total. The van der Waals surface area contributed by atoms with Crippen LogP contribution in [-0.4, -0.2) is 30.6 Å². The average molecular weight is 242 g/mol. The summed E-state index contributed by atoms with van der Waals surface area (Å²) in [4.78, 5) is 0. The SMILES string of the molecule is C=CC(F)C(F)(F)C(F)(F)C(F)(F)CF. The Hall–Kier alpha value is -0.820. The van der Waals surface area contributed by atoms with Crippen LogP contribution in [0.5, 0.6) is 0 Å². The molecule has 1 atom stereocenters. The molecule has 0 radical (unpaired) electrons. The highest BCUT2D eigenvalue weighted by Gasteiger charge is 2.74.